The molecule has 2 unspecified atom stereocenters. The molecular formula is C11H16O5. The number of hydrogen-bond acceptors (Lipinski definition) is 5. The maximum Gasteiger partial charge on any atom is 0.313 e. The first-order valence-electron chi connectivity index (χ1n) is 4.82. The molecule has 1 aromatic rings. The zero-order valence-corrected chi connectivity index (χ0v) is 9.16. The number of rotatable bonds is 4. The van der Waals surface area contributed by atoms with Gasteiger partial charge < -0.3 is 25.2 Å². The lowest BCUT2D eigenvalue weighted by Gasteiger charge is -2.39. The molecule has 0 aliphatic heterocycles. The zero-order valence-electron chi connectivity index (χ0n) is 9.16. The van der Waals surface area contributed by atoms with Gasteiger partial charge >= 0.3 is 5.97 Å². The lowest BCUT2D eigenvalue weighted by atomic mass is 9.86. The minimum Gasteiger partial charge on any atom is -0.378 e. The number of ether oxygens (including phenoxy) is 1. The summed E-state index contributed by atoms with van der Waals surface area (Å²) in [7, 11) is 1.30. The quantitative estimate of drug-likeness (QED) is 0.524. The Morgan fingerprint density at radius 1 is 1.06 bits per heavy atom. The first kappa shape index (κ1) is 13.1. The lowest BCUT2D eigenvalue weighted by molar-refractivity contribution is -0.412. The number of aliphatic hydroxyl groups is 4. The highest BCUT2D eigenvalue weighted by atomic mass is 16.7. The summed E-state index contributed by atoms with van der Waals surface area (Å²) in [6.07, 6.45) is -1.00. The molecule has 1 rings (SSSR count). The molecular weight excluding hydrogens is 212 g/mol. The standard InChI is InChI=1S/C11H16O5/c1-8(16-2)10(12,11(13,14)15)9-6-4-3-5-7-9/h3-8,12-15H,1-2H3. The molecule has 0 heterocycles. The van der Waals surface area contributed by atoms with Crippen molar-refractivity contribution in [2.24, 2.45) is 0 Å². The highest BCUT2D eigenvalue weighted by Crippen LogP contribution is 2.34. The average molecular weight is 228 g/mol. The normalized spacial score (nSPS) is 17.9. The number of hydrogen-bond donors (Lipinski definition) is 4. The molecule has 0 saturated carbocycles. The molecule has 5 nitrogen and oxygen atoms in total. The van der Waals surface area contributed by atoms with Gasteiger partial charge in [0, 0.05) is 7.11 Å². The Morgan fingerprint density at radius 3 is 1.94 bits per heavy atom. The fourth-order valence-corrected chi connectivity index (χ4v) is 1.56. The van der Waals surface area contributed by atoms with Gasteiger partial charge in [0.1, 0.15) is 0 Å². The Balaban J connectivity index is 3.26. The van der Waals surface area contributed by atoms with Gasteiger partial charge in [-0.3, -0.25) is 0 Å². The van der Waals surface area contributed by atoms with E-state index in [9.17, 15) is 20.4 Å². The molecule has 0 amide bonds. The van der Waals surface area contributed by atoms with E-state index in [0.717, 1.165) is 0 Å². The maximum atomic E-state index is 10.2. The molecule has 0 bridgehead atoms. The van der Waals surface area contributed by atoms with E-state index >= 15 is 0 Å². The second-order valence-electron chi connectivity index (χ2n) is 3.65. The van der Waals surface area contributed by atoms with Gasteiger partial charge in [0.15, 0.2) is 5.60 Å². The van der Waals surface area contributed by atoms with Crippen LogP contribution in [0.15, 0.2) is 30.3 Å². The first-order valence-corrected chi connectivity index (χ1v) is 4.82. The molecule has 1 aromatic carbocycles. The maximum absolute atomic E-state index is 10.2. The second-order valence-corrected chi connectivity index (χ2v) is 3.65. The molecule has 4 N–H and O–H groups in total. The summed E-state index contributed by atoms with van der Waals surface area (Å²) in [6, 6.07) is 7.85. The smallest absolute Gasteiger partial charge is 0.313 e. The summed E-state index contributed by atoms with van der Waals surface area (Å²) in [5.74, 6) is -3.29. The summed E-state index contributed by atoms with van der Waals surface area (Å²) >= 11 is 0. The molecule has 0 aromatic heterocycles. The van der Waals surface area contributed by atoms with Crippen LogP contribution in [0.3, 0.4) is 0 Å². The Labute approximate surface area is 93.5 Å². The van der Waals surface area contributed by atoms with E-state index in [1.54, 1.807) is 18.2 Å². The summed E-state index contributed by atoms with van der Waals surface area (Å²) in [5.41, 5.74) is -2.17. The molecule has 0 aliphatic rings. The fourth-order valence-electron chi connectivity index (χ4n) is 1.56. The van der Waals surface area contributed by atoms with Gasteiger partial charge in [-0.2, -0.15) is 0 Å². The van der Waals surface area contributed by atoms with Crippen LogP contribution >= 0.6 is 0 Å². The van der Waals surface area contributed by atoms with Crippen LogP contribution in [-0.2, 0) is 10.3 Å². The van der Waals surface area contributed by atoms with Gasteiger partial charge in [0.25, 0.3) is 0 Å². The van der Waals surface area contributed by atoms with Crippen molar-refractivity contribution in [2.45, 2.75) is 24.6 Å². The molecule has 16 heavy (non-hydrogen) atoms. The van der Waals surface area contributed by atoms with Crippen LogP contribution in [0.4, 0.5) is 0 Å². The van der Waals surface area contributed by atoms with Gasteiger partial charge in [0.05, 0.1) is 6.10 Å². The zero-order chi connectivity index (χ0) is 12.4. The van der Waals surface area contributed by atoms with Gasteiger partial charge in [-0.15, -0.1) is 0 Å². The molecule has 5 heteroatoms. The monoisotopic (exact) mass is 228 g/mol. The second kappa shape index (κ2) is 4.48. The van der Waals surface area contributed by atoms with E-state index in [2.05, 4.69) is 0 Å². The molecule has 0 fully saturated rings. The van der Waals surface area contributed by atoms with Crippen LogP contribution in [-0.4, -0.2) is 39.6 Å². The van der Waals surface area contributed by atoms with Crippen LogP contribution in [0.5, 0.6) is 0 Å². The first-order chi connectivity index (χ1) is 7.34. The number of benzene rings is 1. The predicted molar refractivity (Wildman–Crippen MR) is 56.2 cm³/mol. The minimum atomic E-state index is -3.29. The topological polar surface area (TPSA) is 90.2 Å². The fraction of sp³-hybridized carbons (Fsp3) is 0.455. The van der Waals surface area contributed by atoms with Crippen molar-refractivity contribution in [3.8, 4) is 0 Å². The SMILES string of the molecule is COC(C)C(O)(c1ccccc1)C(O)(O)O. The van der Waals surface area contributed by atoms with Crippen LogP contribution in [0.1, 0.15) is 12.5 Å². The Bertz CT molecular complexity index is 332. The largest absolute Gasteiger partial charge is 0.378 e. The Hall–Kier alpha value is -0.980. The van der Waals surface area contributed by atoms with Gasteiger partial charge in [0.2, 0.25) is 0 Å². The molecule has 0 radical (unpaired) electrons. The van der Waals surface area contributed by atoms with Gasteiger partial charge in [-0.1, -0.05) is 30.3 Å². The van der Waals surface area contributed by atoms with E-state index in [0.29, 0.717) is 0 Å². The van der Waals surface area contributed by atoms with Crippen LogP contribution in [0.25, 0.3) is 0 Å². The van der Waals surface area contributed by atoms with Gasteiger partial charge in [-0.05, 0) is 12.5 Å². The van der Waals surface area contributed by atoms with Crippen LogP contribution < -0.4 is 0 Å². The third-order valence-corrected chi connectivity index (χ3v) is 2.67. The van der Waals surface area contributed by atoms with Crippen molar-refractivity contribution in [3.05, 3.63) is 35.9 Å². The van der Waals surface area contributed by atoms with E-state index in [-0.39, 0.29) is 5.56 Å². The summed E-state index contributed by atoms with van der Waals surface area (Å²) in [6.45, 7) is 1.42. The van der Waals surface area contributed by atoms with Crippen molar-refractivity contribution in [2.75, 3.05) is 7.11 Å². The van der Waals surface area contributed by atoms with E-state index < -0.39 is 17.7 Å². The Morgan fingerprint density at radius 2 is 1.56 bits per heavy atom. The highest BCUT2D eigenvalue weighted by molar-refractivity contribution is 5.25. The minimum absolute atomic E-state index is 0.150. The van der Waals surface area contributed by atoms with Crippen molar-refractivity contribution in [3.63, 3.8) is 0 Å². The summed E-state index contributed by atoms with van der Waals surface area (Å²) in [5, 5.41) is 38.0. The van der Waals surface area contributed by atoms with Crippen molar-refractivity contribution < 1.29 is 25.2 Å². The third kappa shape index (κ3) is 2.09. The summed E-state index contributed by atoms with van der Waals surface area (Å²) in [4.78, 5) is 0. The van der Waals surface area contributed by atoms with E-state index in [1.807, 2.05) is 0 Å². The van der Waals surface area contributed by atoms with Crippen LogP contribution in [0.2, 0.25) is 0 Å². The van der Waals surface area contributed by atoms with E-state index in [1.165, 1.54) is 26.2 Å². The predicted octanol–water partition coefficient (Wildman–Crippen LogP) is -0.460. The molecule has 90 valence electrons. The number of methoxy groups -OCH3 is 1. The van der Waals surface area contributed by atoms with Crippen LogP contribution in [0, 0.1) is 0 Å². The highest BCUT2D eigenvalue weighted by Gasteiger charge is 2.53. The Kier molecular flexibility index (Phi) is 3.67. The third-order valence-electron chi connectivity index (χ3n) is 2.67. The lowest BCUT2D eigenvalue weighted by Crippen LogP contribution is -2.58. The van der Waals surface area contributed by atoms with E-state index in [4.69, 9.17) is 4.74 Å². The molecule has 0 saturated heterocycles. The molecule has 0 spiro atoms. The average Bonchev–Trinajstić information content (AvgIpc) is 2.26. The van der Waals surface area contributed by atoms with Gasteiger partial charge in [-0.25, -0.2) is 0 Å². The molecule has 2 atom stereocenters. The van der Waals surface area contributed by atoms with Crippen molar-refractivity contribution in [1.82, 2.24) is 0 Å². The summed E-state index contributed by atoms with van der Waals surface area (Å²) < 4.78 is 4.87. The molecule has 0 aliphatic carbocycles. The van der Waals surface area contributed by atoms with Crippen molar-refractivity contribution in [1.29, 1.82) is 0 Å². The van der Waals surface area contributed by atoms with Crippen molar-refractivity contribution >= 4 is 0 Å².